The SMILES string of the molecule is CNCC(=O)N(C)Cc1ccc2c(c1)CCCS2. The van der Waals surface area contributed by atoms with E-state index >= 15 is 0 Å². The van der Waals surface area contributed by atoms with E-state index in [4.69, 9.17) is 0 Å². The maximum atomic E-state index is 11.7. The Hall–Kier alpha value is -1.00. The fourth-order valence-corrected chi connectivity index (χ4v) is 3.18. The van der Waals surface area contributed by atoms with Gasteiger partial charge in [0.15, 0.2) is 0 Å². The monoisotopic (exact) mass is 264 g/mol. The summed E-state index contributed by atoms with van der Waals surface area (Å²) in [5, 5.41) is 2.89. The van der Waals surface area contributed by atoms with Crippen LogP contribution < -0.4 is 5.32 Å². The van der Waals surface area contributed by atoms with Gasteiger partial charge in [-0.05, 0) is 42.8 Å². The lowest BCUT2D eigenvalue weighted by Crippen LogP contribution is -2.33. The number of carbonyl (C=O) groups excluding carboxylic acids is 1. The first-order chi connectivity index (χ1) is 8.70. The predicted octanol–water partition coefficient (Wildman–Crippen LogP) is 1.90. The van der Waals surface area contributed by atoms with Crippen molar-refractivity contribution in [3.8, 4) is 0 Å². The van der Waals surface area contributed by atoms with Gasteiger partial charge in [0, 0.05) is 18.5 Å². The van der Waals surface area contributed by atoms with E-state index in [1.165, 1.54) is 34.6 Å². The fourth-order valence-electron chi connectivity index (χ4n) is 2.16. The Morgan fingerprint density at radius 3 is 3.11 bits per heavy atom. The molecule has 0 aliphatic carbocycles. The smallest absolute Gasteiger partial charge is 0.236 e. The Kier molecular flexibility index (Phi) is 4.66. The largest absolute Gasteiger partial charge is 0.340 e. The number of fused-ring (bicyclic) bond motifs is 1. The van der Waals surface area contributed by atoms with E-state index in [-0.39, 0.29) is 5.91 Å². The Bertz CT molecular complexity index is 434. The summed E-state index contributed by atoms with van der Waals surface area (Å²) in [4.78, 5) is 14.9. The highest BCUT2D eigenvalue weighted by atomic mass is 32.2. The summed E-state index contributed by atoms with van der Waals surface area (Å²) < 4.78 is 0. The Balaban J connectivity index is 2.03. The van der Waals surface area contributed by atoms with Gasteiger partial charge in [-0.3, -0.25) is 4.79 Å². The molecular weight excluding hydrogens is 244 g/mol. The molecule has 0 saturated heterocycles. The van der Waals surface area contributed by atoms with Gasteiger partial charge in [0.1, 0.15) is 0 Å². The molecule has 0 bridgehead atoms. The van der Waals surface area contributed by atoms with Crippen LogP contribution in [0.3, 0.4) is 0 Å². The lowest BCUT2D eigenvalue weighted by molar-refractivity contribution is -0.129. The summed E-state index contributed by atoms with van der Waals surface area (Å²) in [7, 11) is 3.65. The number of hydrogen-bond donors (Lipinski definition) is 1. The first kappa shape index (κ1) is 13.4. The second kappa shape index (κ2) is 6.25. The van der Waals surface area contributed by atoms with E-state index in [1.807, 2.05) is 18.8 Å². The van der Waals surface area contributed by atoms with Gasteiger partial charge in [0.25, 0.3) is 0 Å². The molecule has 4 heteroatoms. The highest BCUT2D eigenvalue weighted by molar-refractivity contribution is 7.99. The molecule has 0 spiro atoms. The number of amides is 1. The number of rotatable bonds is 4. The minimum Gasteiger partial charge on any atom is -0.340 e. The van der Waals surface area contributed by atoms with Crippen LogP contribution in [-0.4, -0.2) is 37.2 Å². The van der Waals surface area contributed by atoms with Crippen LogP contribution in [0.5, 0.6) is 0 Å². The van der Waals surface area contributed by atoms with E-state index in [2.05, 4.69) is 23.5 Å². The number of hydrogen-bond acceptors (Lipinski definition) is 3. The van der Waals surface area contributed by atoms with Crippen LogP contribution in [-0.2, 0) is 17.8 Å². The summed E-state index contributed by atoms with van der Waals surface area (Å²) in [6.45, 7) is 1.09. The van der Waals surface area contributed by atoms with Crippen LogP contribution in [0, 0.1) is 0 Å². The first-order valence-corrected chi connectivity index (χ1v) is 7.32. The maximum absolute atomic E-state index is 11.7. The number of nitrogens with one attached hydrogen (secondary N) is 1. The third-order valence-corrected chi connectivity index (χ3v) is 4.35. The predicted molar refractivity (Wildman–Crippen MR) is 75.9 cm³/mol. The highest BCUT2D eigenvalue weighted by Gasteiger charge is 2.12. The average Bonchev–Trinajstić information content (AvgIpc) is 2.39. The summed E-state index contributed by atoms with van der Waals surface area (Å²) in [6, 6.07) is 6.59. The standard InChI is InChI=1S/C14H20N2OS/c1-15-9-14(17)16(2)10-11-5-6-13-12(8-11)4-3-7-18-13/h5-6,8,15H,3-4,7,9-10H2,1-2H3. The molecule has 0 saturated carbocycles. The van der Waals surface area contributed by atoms with Gasteiger partial charge in [-0.2, -0.15) is 0 Å². The van der Waals surface area contributed by atoms with Crippen LogP contribution in [0.25, 0.3) is 0 Å². The number of carbonyl (C=O) groups is 1. The van der Waals surface area contributed by atoms with Gasteiger partial charge in [0.2, 0.25) is 5.91 Å². The van der Waals surface area contributed by atoms with E-state index < -0.39 is 0 Å². The quantitative estimate of drug-likeness (QED) is 0.901. The van der Waals surface area contributed by atoms with Gasteiger partial charge in [-0.15, -0.1) is 11.8 Å². The zero-order chi connectivity index (χ0) is 13.0. The molecule has 3 nitrogen and oxygen atoms in total. The van der Waals surface area contributed by atoms with Crippen molar-refractivity contribution in [2.24, 2.45) is 0 Å². The Morgan fingerprint density at radius 2 is 2.33 bits per heavy atom. The molecule has 1 aromatic rings. The highest BCUT2D eigenvalue weighted by Crippen LogP contribution is 2.30. The molecule has 0 atom stereocenters. The van der Waals surface area contributed by atoms with Crippen molar-refractivity contribution < 1.29 is 4.79 Å². The summed E-state index contributed by atoms with van der Waals surface area (Å²) in [5.74, 6) is 1.36. The topological polar surface area (TPSA) is 32.3 Å². The second-order valence-electron chi connectivity index (χ2n) is 4.67. The molecule has 0 aromatic heterocycles. The van der Waals surface area contributed by atoms with Crippen LogP contribution in [0.2, 0.25) is 0 Å². The third kappa shape index (κ3) is 3.27. The van der Waals surface area contributed by atoms with Crippen molar-refractivity contribution in [3.63, 3.8) is 0 Å². The lowest BCUT2D eigenvalue weighted by atomic mass is 10.1. The molecule has 0 fully saturated rings. The molecule has 1 amide bonds. The Morgan fingerprint density at radius 1 is 1.50 bits per heavy atom. The zero-order valence-corrected chi connectivity index (χ0v) is 11.8. The van der Waals surface area contributed by atoms with E-state index in [0.717, 1.165) is 0 Å². The van der Waals surface area contributed by atoms with Crippen molar-refractivity contribution in [2.45, 2.75) is 24.3 Å². The molecule has 0 unspecified atom stereocenters. The van der Waals surface area contributed by atoms with E-state index in [9.17, 15) is 4.79 Å². The maximum Gasteiger partial charge on any atom is 0.236 e. The van der Waals surface area contributed by atoms with Gasteiger partial charge in [0.05, 0.1) is 6.54 Å². The minimum atomic E-state index is 0.129. The number of nitrogens with zero attached hydrogens (tertiary/aromatic N) is 1. The molecule has 2 rings (SSSR count). The van der Waals surface area contributed by atoms with Gasteiger partial charge < -0.3 is 10.2 Å². The van der Waals surface area contributed by atoms with Crippen LogP contribution >= 0.6 is 11.8 Å². The number of benzene rings is 1. The average molecular weight is 264 g/mol. The molecule has 1 aliphatic heterocycles. The molecule has 1 heterocycles. The summed E-state index contributed by atoms with van der Waals surface area (Å²) >= 11 is 1.94. The van der Waals surface area contributed by atoms with Crippen LogP contribution in [0.4, 0.5) is 0 Å². The molecule has 18 heavy (non-hydrogen) atoms. The van der Waals surface area contributed by atoms with Crippen molar-refractivity contribution >= 4 is 17.7 Å². The zero-order valence-electron chi connectivity index (χ0n) is 11.0. The van der Waals surface area contributed by atoms with Gasteiger partial charge in [-0.1, -0.05) is 12.1 Å². The van der Waals surface area contributed by atoms with Gasteiger partial charge in [-0.25, -0.2) is 0 Å². The molecule has 98 valence electrons. The first-order valence-electron chi connectivity index (χ1n) is 6.34. The van der Waals surface area contributed by atoms with Crippen LogP contribution in [0.15, 0.2) is 23.1 Å². The fraction of sp³-hybridized carbons (Fsp3) is 0.500. The summed E-state index contributed by atoms with van der Waals surface area (Å²) in [6.07, 6.45) is 2.43. The van der Waals surface area contributed by atoms with Gasteiger partial charge >= 0.3 is 0 Å². The third-order valence-electron chi connectivity index (χ3n) is 3.15. The molecule has 1 aromatic carbocycles. The number of thioether (sulfide) groups is 1. The molecular formula is C14H20N2OS. The molecule has 1 N–H and O–H groups in total. The van der Waals surface area contributed by atoms with Crippen molar-refractivity contribution in [1.82, 2.24) is 10.2 Å². The summed E-state index contributed by atoms with van der Waals surface area (Å²) in [5.41, 5.74) is 2.67. The normalized spacial score (nSPS) is 14.1. The van der Waals surface area contributed by atoms with Crippen molar-refractivity contribution in [2.75, 3.05) is 26.4 Å². The van der Waals surface area contributed by atoms with E-state index in [0.29, 0.717) is 13.1 Å². The molecule has 0 radical (unpaired) electrons. The second-order valence-corrected chi connectivity index (χ2v) is 5.81. The number of likely N-dealkylation sites (N-methyl/N-ethyl adjacent to an activating group) is 2. The van der Waals surface area contributed by atoms with Crippen molar-refractivity contribution in [1.29, 1.82) is 0 Å². The van der Waals surface area contributed by atoms with E-state index in [1.54, 1.807) is 11.9 Å². The van der Waals surface area contributed by atoms with Crippen LogP contribution in [0.1, 0.15) is 17.5 Å². The van der Waals surface area contributed by atoms with Crippen molar-refractivity contribution in [3.05, 3.63) is 29.3 Å². The minimum absolute atomic E-state index is 0.129. The molecule has 1 aliphatic rings. The lowest BCUT2D eigenvalue weighted by Gasteiger charge is -2.20. The Labute approximate surface area is 113 Å². The number of aryl methyl sites for hydroxylation is 1.